The number of hydrogen-bond donors (Lipinski definition) is 2. The first-order valence-corrected chi connectivity index (χ1v) is 9.77. The van der Waals surface area contributed by atoms with Crippen molar-refractivity contribution < 1.29 is 9.59 Å². The first kappa shape index (κ1) is 19.8. The fraction of sp³-hybridized carbons (Fsp3) is 0.429. The van der Waals surface area contributed by atoms with Gasteiger partial charge >= 0.3 is 0 Å². The van der Waals surface area contributed by atoms with E-state index in [0.29, 0.717) is 23.0 Å². The topological polar surface area (TPSA) is 87.2 Å². The van der Waals surface area contributed by atoms with Crippen LogP contribution in [0.2, 0.25) is 0 Å². The third-order valence-electron chi connectivity index (χ3n) is 4.87. The molecule has 3 rings (SSSR count). The van der Waals surface area contributed by atoms with Crippen LogP contribution < -0.4 is 10.6 Å². The van der Waals surface area contributed by atoms with Gasteiger partial charge in [-0.05, 0) is 50.8 Å². The number of hydrogen-bond acceptors (Lipinski definition) is 5. The van der Waals surface area contributed by atoms with Crippen molar-refractivity contribution in [1.29, 1.82) is 0 Å². The number of nitrogens with zero attached hydrogens (tertiary/aromatic N) is 3. The van der Waals surface area contributed by atoms with E-state index in [1.165, 1.54) is 13.3 Å². The van der Waals surface area contributed by atoms with E-state index in [1.807, 2.05) is 29.2 Å². The van der Waals surface area contributed by atoms with E-state index in [2.05, 4.69) is 27.5 Å². The molecule has 0 aliphatic carbocycles. The molecule has 1 aromatic heterocycles. The number of likely N-dealkylation sites (tertiary alicyclic amines) is 1. The Labute approximate surface area is 165 Å². The number of amides is 2. The lowest BCUT2D eigenvalue weighted by Gasteiger charge is -2.35. The van der Waals surface area contributed by atoms with Crippen LogP contribution in [0.4, 0.5) is 17.2 Å². The van der Waals surface area contributed by atoms with E-state index >= 15 is 0 Å². The smallest absolute Gasteiger partial charge is 0.272 e. The average Bonchev–Trinajstić information content (AvgIpc) is 2.66. The molecule has 2 amide bonds. The van der Waals surface area contributed by atoms with Crippen molar-refractivity contribution in [2.75, 3.05) is 17.2 Å². The highest BCUT2D eigenvalue weighted by molar-refractivity contribution is 5.93. The minimum atomic E-state index is -0.130. The number of benzene rings is 1. The van der Waals surface area contributed by atoms with Crippen molar-refractivity contribution >= 4 is 29.0 Å². The number of nitrogens with one attached hydrogen (secondary N) is 2. The number of aromatic nitrogens is 2. The van der Waals surface area contributed by atoms with E-state index in [1.54, 1.807) is 13.0 Å². The Hall–Kier alpha value is -2.96. The summed E-state index contributed by atoms with van der Waals surface area (Å²) >= 11 is 0. The molecule has 0 bridgehead atoms. The number of aryl methyl sites for hydroxylation is 1. The molecule has 1 aliphatic rings. The van der Waals surface area contributed by atoms with E-state index in [9.17, 15) is 9.59 Å². The van der Waals surface area contributed by atoms with E-state index in [0.717, 1.165) is 31.5 Å². The molecule has 0 spiro atoms. The SMILES string of the molecule is CCC1CCCCN1C(=O)c1cc(Nc2cccc(NC(C)=O)c2)nc(C)n1. The van der Waals surface area contributed by atoms with Gasteiger partial charge in [-0.3, -0.25) is 9.59 Å². The molecular formula is C21H27N5O2. The second-order valence-electron chi connectivity index (χ2n) is 7.13. The Morgan fingerprint density at radius 1 is 1.18 bits per heavy atom. The van der Waals surface area contributed by atoms with Crippen molar-refractivity contribution in [3.8, 4) is 0 Å². The van der Waals surface area contributed by atoms with Crippen LogP contribution in [0, 0.1) is 6.92 Å². The largest absolute Gasteiger partial charge is 0.340 e. The van der Waals surface area contributed by atoms with Gasteiger partial charge in [0.2, 0.25) is 5.91 Å². The predicted octanol–water partition coefficient (Wildman–Crippen LogP) is 3.89. The molecule has 0 saturated carbocycles. The summed E-state index contributed by atoms with van der Waals surface area (Å²) in [6, 6.07) is 9.32. The maximum atomic E-state index is 13.1. The second kappa shape index (κ2) is 8.82. The number of anilines is 3. The number of carbonyl (C=O) groups excluding carboxylic acids is 2. The van der Waals surface area contributed by atoms with Gasteiger partial charge in [0.05, 0.1) is 0 Å². The van der Waals surface area contributed by atoms with Gasteiger partial charge in [-0.2, -0.15) is 0 Å². The lowest BCUT2D eigenvalue weighted by atomic mass is 9.99. The van der Waals surface area contributed by atoms with Gasteiger partial charge in [0.1, 0.15) is 17.3 Å². The van der Waals surface area contributed by atoms with Crippen molar-refractivity contribution in [3.05, 3.63) is 41.9 Å². The Morgan fingerprint density at radius 2 is 1.96 bits per heavy atom. The molecule has 2 N–H and O–H groups in total. The fourth-order valence-electron chi connectivity index (χ4n) is 3.61. The lowest BCUT2D eigenvalue weighted by Crippen LogP contribution is -2.43. The monoisotopic (exact) mass is 381 g/mol. The second-order valence-corrected chi connectivity index (χ2v) is 7.13. The predicted molar refractivity (Wildman–Crippen MR) is 110 cm³/mol. The van der Waals surface area contributed by atoms with Crippen molar-refractivity contribution in [2.24, 2.45) is 0 Å². The van der Waals surface area contributed by atoms with E-state index in [-0.39, 0.29) is 17.9 Å². The van der Waals surface area contributed by atoms with Gasteiger partial charge in [0, 0.05) is 37.0 Å². The number of rotatable bonds is 5. The van der Waals surface area contributed by atoms with E-state index in [4.69, 9.17) is 0 Å². The summed E-state index contributed by atoms with van der Waals surface area (Å²) in [6.07, 6.45) is 4.21. The molecular weight excluding hydrogens is 354 g/mol. The summed E-state index contributed by atoms with van der Waals surface area (Å²) in [5.74, 6) is 0.930. The molecule has 1 fully saturated rings. The summed E-state index contributed by atoms with van der Waals surface area (Å²) in [7, 11) is 0. The van der Waals surface area contributed by atoms with E-state index < -0.39 is 0 Å². The first-order valence-electron chi connectivity index (χ1n) is 9.77. The maximum Gasteiger partial charge on any atom is 0.272 e. The van der Waals surface area contributed by atoms with Crippen LogP contribution in [0.1, 0.15) is 55.8 Å². The van der Waals surface area contributed by atoms with Gasteiger partial charge < -0.3 is 15.5 Å². The Kier molecular flexibility index (Phi) is 6.23. The van der Waals surface area contributed by atoms with Crippen molar-refractivity contribution in [1.82, 2.24) is 14.9 Å². The fourth-order valence-corrected chi connectivity index (χ4v) is 3.61. The highest BCUT2D eigenvalue weighted by Crippen LogP contribution is 2.23. The zero-order chi connectivity index (χ0) is 20.1. The van der Waals surface area contributed by atoms with Gasteiger partial charge in [0.25, 0.3) is 5.91 Å². The molecule has 28 heavy (non-hydrogen) atoms. The summed E-state index contributed by atoms with van der Waals surface area (Å²) in [6.45, 7) is 6.15. The van der Waals surface area contributed by atoms with Gasteiger partial charge in [0.15, 0.2) is 0 Å². The molecule has 1 atom stereocenters. The van der Waals surface area contributed by atoms with Gasteiger partial charge in [-0.15, -0.1) is 0 Å². The van der Waals surface area contributed by atoms with Crippen LogP contribution in [0.15, 0.2) is 30.3 Å². The standard InChI is InChI=1S/C21H27N5O2/c1-4-18-10-5-6-11-26(18)21(28)19-13-20(23-14(2)22-19)25-17-9-7-8-16(12-17)24-15(3)27/h7-9,12-13,18H,4-6,10-11H2,1-3H3,(H,24,27)(H,22,23,25). The van der Waals surface area contributed by atoms with Gasteiger partial charge in [-0.25, -0.2) is 9.97 Å². The Bertz CT molecular complexity index is 868. The highest BCUT2D eigenvalue weighted by Gasteiger charge is 2.27. The zero-order valence-corrected chi connectivity index (χ0v) is 16.7. The highest BCUT2D eigenvalue weighted by atomic mass is 16.2. The molecule has 1 aliphatic heterocycles. The molecule has 7 heteroatoms. The van der Waals surface area contributed by atoms with Crippen LogP contribution in [-0.2, 0) is 4.79 Å². The summed E-state index contributed by atoms with van der Waals surface area (Å²) in [5.41, 5.74) is 1.87. The molecule has 1 unspecified atom stereocenters. The molecule has 148 valence electrons. The number of piperidine rings is 1. The maximum absolute atomic E-state index is 13.1. The van der Waals surface area contributed by atoms with Crippen LogP contribution in [-0.4, -0.2) is 39.3 Å². The Balaban J connectivity index is 1.81. The third-order valence-corrected chi connectivity index (χ3v) is 4.87. The van der Waals surface area contributed by atoms with Crippen LogP contribution >= 0.6 is 0 Å². The first-order chi connectivity index (χ1) is 13.5. The third kappa shape index (κ3) is 4.85. The zero-order valence-electron chi connectivity index (χ0n) is 16.7. The van der Waals surface area contributed by atoms with Crippen molar-refractivity contribution in [2.45, 2.75) is 52.5 Å². The average molecular weight is 381 g/mol. The Morgan fingerprint density at radius 3 is 2.71 bits per heavy atom. The lowest BCUT2D eigenvalue weighted by molar-refractivity contribution is -0.114. The molecule has 1 aromatic carbocycles. The summed E-state index contributed by atoms with van der Waals surface area (Å²) < 4.78 is 0. The van der Waals surface area contributed by atoms with Crippen LogP contribution in [0.3, 0.4) is 0 Å². The molecule has 1 saturated heterocycles. The minimum absolute atomic E-state index is 0.0351. The normalized spacial score (nSPS) is 16.5. The molecule has 0 radical (unpaired) electrons. The number of carbonyl (C=O) groups is 2. The summed E-state index contributed by atoms with van der Waals surface area (Å²) in [5, 5.41) is 5.96. The van der Waals surface area contributed by atoms with Crippen LogP contribution in [0.25, 0.3) is 0 Å². The molecule has 2 heterocycles. The van der Waals surface area contributed by atoms with Gasteiger partial charge in [-0.1, -0.05) is 13.0 Å². The molecule has 2 aromatic rings. The quantitative estimate of drug-likeness (QED) is 0.820. The molecule has 7 nitrogen and oxygen atoms in total. The minimum Gasteiger partial charge on any atom is -0.340 e. The van der Waals surface area contributed by atoms with Crippen LogP contribution in [0.5, 0.6) is 0 Å². The summed E-state index contributed by atoms with van der Waals surface area (Å²) in [4.78, 5) is 35.0. The van der Waals surface area contributed by atoms with Crippen molar-refractivity contribution in [3.63, 3.8) is 0 Å².